The molecule has 4 heteroatoms. The van der Waals surface area contributed by atoms with Crippen molar-refractivity contribution in [1.29, 1.82) is 0 Å². The predicted molar refractivity (Wildman–Crippen MR) is 86.4 cm³/mol. The summed E-state index contributed by atoms with van der Waals surface area (Å²) >= 11 is 0. The fourth-order valence-electron chi connectivity index (χ4n) is 3.13. The highest BCUT2D eigenvalue weighted by molar-refractivity contribution is 5.48. The van der Waals surface area contributed by atoms with Crippen molar-refractivity contribution in [3.63, 3.8) is 0 Å². The molecule has 2 aromatic rings. The van der Waals surface area contributed by atoms with Crippen molar-refractivity contribution in [2.75, 3.05) is 25.5 Å². The summed E-state index contributed by atoms with van der Waals surface area (Å²) < 4.78 is 2.12. The van der Waals surface area contributed by atoms with Crippen LogP contribution in [0, 0.1) is 0 Å². The van der Waals surface area contributed by atoms with Crippen LogP contribution >= 0.6 is 0 Å². The minimum atomic E-state index is 0.515. The molecule has 2 heterocycles. The topological polar surface area (TPSA) is 24.3 Å². The summed E-state index contributed by atoms with van der Waals surface area (Å²) in [6.07, 6.45) is 6.41. The predicted octanol–water partition coefficient (Wildman–Crippen LogP) is 2.82. The molecule has 0 saturated carbocycles. The summed E-state index contributed by atoms with van der Waals surface area (Å²) in [5.74, 6) is 1.14. The lowest BCUT2D eigenvalue weighted by Crippen LogP contribution is -2.24. The molecule has 1 atom stereocenters. The summed E-state index contributed by atoms with van der Waals surface area (Å²) in [6.45, 7) is 2.09. The molecule has 0 aliphatic carbocycles. The molecule has 1 fully saturated rings. The Hall–Kier alpha value is -1.81. The number of aromatic nitrogens is 2. The lowest BCUT2D eigenvalue weighted by molar-refractivity contribution is 0.240. The zero-order valence-corrected chi connectivity index (χ0v) is 13.2. The molecule has 1 aromatic carbocycles. The summed E-state index contributed by atoms with van der Waals surface area (Å²) in [5, 5.41) is 0. The third kappa shape index (κ3) is 2.95. The summed E-state index contributed by atoms with van der Waals surface area (Å²) in [4.78, 5) is 9.19. The molecule has 4 nitrogen and oxygen atoms in total. The van der Waals surface area contributed by atoms with E-state index in [4.69, 9.17) is 0 Å². The van der Waals surface area contributed by atoms with E-state index in [9.17, 15) is 0 Å². The third-order valence-electron chi connectivity index (χ3n) is 4.40. The average Bonchev–Trinajstić information content (AvgIpc) is 3.09. The Morgan fingerprint density at radius 2 is 2.19 bits per heavy atom. The van der Waals surface area contributed by atoms with E-state index in [1.165, 1.54) is 24.1 Å². The molecule has 1 aliphatic heterocycles. The van der Waals surface area contributed by atoms with Gasteiger partial charge in [0.15, 0.2) is 0 Å². The van der Waals surface area contributed by atoms with Crippen LogP contribution in [0.4, 0.5) is 5.69 Å². The SMILES string of the molecule is CN(C)c1cccc([C@H]2CCCN2Cc2nccn2C)c1. The average molecular weight is 284 g/mol. The maximum Gasteiger partial charge on any atom is 0.122 e. The van der Waals surface area contributed by atoms with Crippen molar-refractivity contribution in [2.24, 2.45) is 7.05 Å². The van der Waals surface area contributed by atoms with Crippen LogP contribution in [-0.2, 0) is 13.6 Å². The first-order valence-corrected chi connectivity index (χ1v) is 7.62. The van der Waals surface area contributed by atoms with Gasteiger partial charge in [-0.2, -0.15) is 0 Å². The van der Waals surface area contributed by atoms with Gasteiger partial charge in [0.25, 0.3) is 0 Å². The highest BCUT2D eigenvalue weighted by Crippen LogP contribution is 2.34. The van der Waals surface area contributed by atoms with Gasteiger partial charge in [0.1, 0.15) is 5.82 Å². The molecule has 1 aliphatic rings. The fourth-order valence-corrected chi connectivity index (χ4v) is 3.13. The van der Waals surface area contributed by atoms with Crippen LogP contribution < -0.4 is 4.90 Å². The molecule has 0 radical (unpaired) electrons. The van der Waals surface area contributed by atoms with E-state index in [1.54, 1.807) is 0 Å². The van der Waals surface area contributed by atoms with E-state index in [0.29, 0.717) is 6.04 Å². The van der Waals surface area contributed by atoms with Gasteiger partial charge in [-0.3, -0.25) is 4.90 Å². The molecule has 112 valence electrons. The van der Waals surface area contributed by atoms with E-state index in [1.807, 2.05) is 12.4 Å². The highest BCUT2D eigenvalue weighted by Gasteiger charge is 2.27. The largest absolute Gasteiger partial charge is 0.378 e. The molecular weight excluding hydrogens is 260 g/mol. The third-order valence-corrected chi connectivity index (χ3v) is 4.40. The van der Waals surface area contributed by atoms with Crippen LogP contribution in [-0.4, -0.2) is 35.1 Å². The van der Waals surface area contributed by atoms with Crippen molar-refractivity contribution in [2.45, 2.75) is 25.4 Å². The quantitative estimate of drug-likeness (QED) is 0.863. The van der Waals surface area contributed by atoms with Gasteiger partial charge in [0, 0.05) is 45.3 Å². The van der Waals surface area contributed by atoms with E-state index >= 15 is 0 Å². The van der Waals surface area contributed by atoms with Crippen LogP contribution in [0.15, 0.2) is 36.7 Å². The minimum absolute atomic E-state index is 0.515. The summed E-state index contributed by atoms with van der Waals surface area (Å²) in [7, 11) is 6.26. The number of likely N-dealkylation sites (tertiary alicyclic amines) is 1. The van der Waals surface area contributed by atoms with Crippen LogP contribution in [0.25, 0.3) is 0 Å². The van der Waals surface area contributed by atoms with E-state index in [2.05, 4.69) is 64.8 Å². The maximum absolute atomic E-state index is 4.47. The highest BCUT2D eigenvalue weighted by atomic mass is 15.2. The van der Waals surface area contributed by atoms with Gasteiger partial charge in [-0.25, -0.2) is 4.98 Å². The zero-order chi connectivity index (χ0) is 14.8. The fraction of sp³-hybridized carbons (Fsp3) is 0.471. The molecule has 0 N–H and O–H groups in total. The van der Waals surface area contributed by atoms with Crippen molar-refractivity contribution in [3.05, 3.63) is 48.0 Å². The van der Waals surface area contributed by atoms with Crippen molar-refractivity contribution < 1.29 is 0 Å². The van der Waals surface area contributed by atoms with Crippen molar-refractivity contribution in [3.8, 4) is 0 Å². The number of hydrogen-bond donors (Lipinski definition) is 0. The first-order valence-electron chi connectivity index (χ1n) is 7.62. The second kappa shape index (κ2) is 5.90. The Kier molecular flexibility index (Phi) is 3.97. The van der Waals surface area contributed by atoms with Crippen LogP contribution in [0.1, 0.15) is 30.3 Å². The van der Waals surface area contributed by atoms with Crippen molar-refractivity contribution in [1.82, 2.24) is 14.5 Å². The lowest BCUT2D eigenvalue weighted by atomic mass is 10.0. The van der Waals surface area contributed by atoms with Gasteiger partial charge >= 0.3 is 0 Å². The first kappa shape index (κ1) is 14.1. The van der Waals surface area contributed by atoms with Gasteiger partial charge in [-0.1, -0.05) is 12.1 Å². The van der Waals surface area contributed by atoms with Gasteiger partial charge in [0.2, 0.25) is 0 Å². The van der Waals surface area contributed by atoms with E-state index in [0.717, 1.165) is 18.9 Å². The molecular formula is C17H24N4. The van der Waals surface area contributed by atoms with Gasteiger partial charge in [-0.05, 0) is 37.1 Å². The van der Waals surface area contributed by atoms with Gasteiger partial charge < -0.3 is 9.47 Å². The Bertz CT molecular complexity index is 602. The number of imidazole rings is 1. The number of anilines is 1. The lowest BCUT2D eigenvalue weighted by Gasteiger charge is -2.25. The molecule has 21 heavy (non-hydrogen) atoms. The zero-order valence-electron chi connectivity index (χ0n) is 13.2. The molecule has 0 bridgehead atoms. The Morgan fingerprint density at radius 1 is 1.33 bits per heavy atom. The summed E-state index contributed by atoms with van der Waals surface area (Å²) in [5.41, 5.74) is 2.70. The molecule has 0 unspecified atom stereocenters. The van der Waals surface area contributed by atoms with Crippen LogP contribution in [0.5, 0.6) is 0 Å². The second-order valence-electron chi connectivity index (χ2n) is 6.07. The Labute approximate surface area is 127 Å². The number of benzene rings is 1. The molecule has 0 amide bonds. The number of nitrogens with zero attached hydrogens (tertiary/aromatic N) is 4. The van der Waals surface area contributed by atoms with Gasteiger partial charge in [0.05, 0.1) is 6.54 Å². The van der Waals surface area contributed by atoms with Crippen molar-refractivity contribution >= 4 is 5.69 Å². The smallest absolute Gasteiger partial charge is 0.122 e. The molecule has 1 aromatic heterocycles. The number of rotatable bonds is 4. The molecule has 1 saturated heterocycles. The van der Waals surface area contributed by atoms with E-state index < -0.39 is 0 Å². The number of hydrogen-bond acceptors (Lipinski definition) is 3. The van der Waals surface area contributed by atoms with Crippen LogP contribution in [0.3, 0.4) is 0 Å². The summed E-state index contributed by atoms with van der Waals surface area (Å²) in [6, 6.07) is 9.43. The standard InChI is InChI=1S/C17H24N4/c1-19(2)15-7-4-6-14(12-15)16-8-5-10-21(16)13-17-18-9-11-20(17)3/h4,6-7,9,11-12,16H,5,8,10,13H2,1-3H3/t16-/m1/s1. The maximum atomic E-state index is 4.47. The van der Waals surface area contributed by atoms with E-state index in [-0.39, 0.29) is 0 Å². The molecule has 0 spiro atoms. The first-order chi connectivity index (χ1) is 10.1. The van der Waals surface area contributed by atoms with Gasteiger partial charge in [-0.15, -0.1) is 0 Å². The minimum Gasteiger partial charge on any atom is -0.378 e. The monoisotopic (exact) mass is 284 g/mol. The Morgan fingerprint density at radius 3 is 2.90 bits per heavy atom. The molecule has 3 rings (SSSR count). The second-order valence-corrected chi connectivity index (χ2v) is 6.07. The Balaban J connectivity index is 1.80. The normalized spacial score (nSPS) is 19.1. The number of aryl methyl sites for hydroxylation is 1. The van der Waals surface area contributed by atoms with Crippen LogP contribution in [0.2, 0.25) is 0 Å².